The number of carbonyl (C=O) groups is 1. The second-order valence-electron chi connectivity index (χ2n) is 3.29. The van der Waals surface area contributed by atoms with Gasteiger partial charge in [0.15, 0.2) is 0 Å². The molecule has 0 saturated heterocycles. The van der Waals surface area contributed by atoms with Crippen LogP contribution < -0.4 is 0 Å². The molecule has 0 aromatic heterocycles. The maximum atomic E-state index is 10.6. The molecule has 94 valence electrons. The van der Waals surface area contributed by atoms with Gasteiger partial charge in [-0.25, -0.2) is 4.79 Å². The van der Waals surface area contributed by atoms with Crippen LogP contribution in [0, 0.1) is 0 Å². The summed E-state index contributed by atoms with van der Waals surface area (Å²) >= 11 is 4.76. The molecule has 0 spiro atoms. The van der Waals surface area contributed by atoms with E-state index in [1.165, 1.54) is 37.3 Å². The minimum Gasteiger partial charge on any atom is -0.463 e. The maximum Gasteiger partial charge on any atom is 0.330 e. The predicted octanol–water partition coefficient (Wildman–Crippen LogP) is 4.44. The summed E-state index contributed by atoms with van der Waals surface area (Å²) < 4.78 is 4.84. The minimum absolute atomic E-state index is 0.312. The highest BCUT2D eigenvalue weighted by Crippen LogP contribution is 2.04. The lowest BCUT2D eigenvalue weighted by molar-refractivity contribution is -0.137. The molecule has 0 aromatic rings. The van der Waals surface area contributed by atoms with Crippen LogP contribution in [0.25, 0.3) is 0 Å². The Balaban J connectivity index is 0. The van der Waals surface area contributed by atoms with Crippen molar-refractivity contribution in [3.8, 4) is 0 Å². The molecule has 0 amide bonds. The third-order valence-corrected chi connectivity index (χ3v) is 1.91. The highest BCUT2D eigenvalue weighted by Gasteiger charge is 1.94. The maximum absolute atomic E-state index is 10.6. The van der Waals surface area contributed by atoms with Crippen LogP contribution in [-0.2, 0) is 9.53 Å². The molecule has 2 nitrogen and oxygen atoms in total. The van der Waals surface area contributed by atoms with Gasteiger partial charge in [0, 0.05) is 6.08 Å². The largest absolute Gasteiger partial charge is 0.463 e. The lowest BCUT2D eigenvalue weighted by Crippen LogP contribution is -2.01. The van der Waals surface area contributed by atoms with Crippen LogP contribution >= 0.6 is 11.6 Å². The SMILES string of the molecule is C=CC(=O)OCCCCCCCC.C=CCl. The average Bonchev–Trinajstić information content (AvgIpc) is 2.28. The molecule has 0 N–H and O–H groups in total. The highest BCUT2D eigenvalue weighted by atomic mass is 35.5. The Kier molecular flexibility index (Phi) is 18.4. The first-order valence-electron chi connectivity index (χ1n) is 5.73. The van der Waals surface area contributed by atoms with Gasteiger partial charge in [0.1, 0.15) is 0 Å². The predicted molar refractivity (Wildman–Crippen MR) is 70.6 cm³/mol. The standard InChI is InChI=1S/C11H20O2.C2H3Cl/c1-3-5-6-7-8-9-10-13-11(12)4-2;1-2-3/h4H,2-3,5-10H2,1H3;2H,1H2. The number of hydrogen-bond acceptors (Lipinski definition) is 2. The van der Waals surface area contributed by atoms with Gasteiger partial charge in [0.05, 0.1) is 6.61 Å². The molecule has 16 heavy (non-hydrogen) atoms. The van der Waals surface area contributed by atoms with Crippen molar-refractivity contribution >= 4 is 17.6 Å². The van der Waals surface area contributed by atoms with E-state index in [1.807, 2.05) is 0 Å². The van der Waals surface area contributed by atoms with E-state index in [9.17, 15) is 4.79 Å². The summed E-state index contributed by atoms with van der Waals surface area (Å²) in [5.74, 6) is -0.312. The summed E-state index contributed by atoms with van der Waals surface area (Å²) in [6.07, 6.45) is 8.47. The van der Waals surface area contributed by atoms with Gasteiger partial charge in [0.25, 0.3) is 0 Å². The van der Waals surface area contributed by atoms with Crippen LogP contribution in [0.3, 0.4) is 0 Å². The molecule has 0 saturated carbocycles. The summed E-state index contributed by atoms with van der Waals surface area (Å²) in [4.78, 5) is 10.6. The quantitative estimate of drug-likeness (QED) is 0.359. The number of rotatable bonds is 8. The Morgan fingerprint density at radius 2 is 1.69 bits per heavy atom. The van der Waals surface area contributed by atoms with Crippen LogP contribution in [0.1, 0.15) is 45.4 Å². The average molecular weight is 247 g/mol. The molecule has 3 heteroatoms. The van der Waals surface area contributed by atoms with E-state index in [0.29, 0.717) is 6.61 Å². The molecular weight excluding hydrogens is 224 g/mol. The van der Waals surface area contributed by atoms with E-state index in [1.54, 1.807) is 0 Å². The van der Waals surface area contributed by atoms with Crippen LogP contribution in [0.4, 0.5) is 0 Å². The van der Waals surface area contributed by atoms with Gasteiger partial charge in [-0.1, -0.05) is 63.8 Å². The Bertz CT molecular complexity index is 179. The van der Waals surface area contributed by atoms with E-state index in [0.717, 1.165) is 12.8 Å². The number of hydrogen-bond donors (Lipinski definition) is 0. The third kappa shape index (κ3) is 18.9. The molecule has 0 radical (unpaired) electrons. The van der Waals surface area contributed by atoms with Crippen molar-refractivity contribution in [1.82, 2.24) is 0 Å². The highest BCUT2D eigenvalue weighted by molar-refractivity contribution is 6.25. The lowest BCUT2D eigenvalue weighted by Gasteiger charge is -2.01. The van der Waals surface area contributed by atoms with Gasteiger partial charge in [0.2, 0.25) is 0 Å². The van der Waals surface area contributed by atoms with E-state index >= 15 is 0 Å². The van der Waals surface area contributed by atoms with Gasteiger partial charge in [-0.05, 0) is 12.0 Å². The first-order valence-corrected chi connectivity index (χ1v) is 6.16. The molecule has 0 bridgehead atoms. The molecule has 0 heterocycles. The van der Waals surface area contributed by atoms with Gasteiger partial charge in [-0.2, -0.15) is 0 Å². The Morgan fingerprint density at radius 3 is 2.19 bits per heavy atom. The molecule has 0 aliphatic carbocycles. The second kappa shape index (κ2) is 16.7. The van der Waals surface area contributed by atoms with Crippen LogP contribution in [0.15, 0.2) is 24.8 Å². The zero-order valence-corrected chi connectivity index (χ0v) is 11.0. The summed E-state index contributed by atoms with van der Waals surface area (Å²) in [5, 5.41) is 0. The van der Waals surface area contributed by atoms with Crippen molar-refractivity contribution in [2.75, 3.05) is 6.61 Å². The van der Waals surface area contributed by atoms with Crippen molar-refractivity contribution in [1.29, 1.82) is 0 Å². The molecule has 0 unspecified atom stereocenters. The fourth-order valence-corrected chi connectivity index (χ4v) is 1.11. The van der Waals surface area contributed by atoms with Crippen molar-refractivity contribution in [3.63, 3.8) is 0 Å². The van der Waals surface area contributed by atoms with Crippen molar-refractivity contribution < 1.29 is 9.53 Å². The van der Waals surface area contributed by atoms with Gasteiger partial charge in [-0.3, -0.25) is 0 Å². The Morgan fingerprint density at radius 1 is 1.19 bits per heavy atom. The normalized spacial score (nSPS) is 8.62. The first-order chi connectivity index (χ1) is 7.72. The first kappa shape index (κ1) is 17.6. The van der Waals surface area contributed by atoms with Crippen molar-refractivity contribution in [2.24, 2.45) is 0 Å². The molecule has 0 aliphatic heterocycles. The fraction of sp³-hybridized carbons (Fsp3) is 0.615. The number of halogens is 1. The van der Waals surface area contributed by atoms with Crippen molar-refractivity contribution in [3.05, 3.63) is 24.8 Å². The molecule has 0 rings (SSSR count). The molecule has 0 aliphatic rings. The zero-order valence-electron chi connectivity index (χ0n) is 10.2. The Hall–Kier alpha value is -0.760. The zero-order chi connectivity index (χ0) is 12.6. The van der Waals surface area contributed by atoms with Crippen LogP contribution in [-0.4, -0.2) is 12.6 Å². The fourth-order valence-electron chi connectivity index (χ4n) is 1.11. The second-order valence-corrected chi connectivity index (χ2v) is 3.60. The molecule has 0 atom stereocenters. The van der Waals surface area contributed by atoms with Crippen LogP contribution in [0.2, 0.25) is 0 Å². The van der Waals surface area contributed by atoms with Gasteiger partial charge >= 0.3 is 5.97 Å². The smallest absolute Gasteiger partial charge is 0.330 e. The summed E-state index contributed by atoms with van der Waals surface area (Å²) in [6, 6.07) is 0. The van der Waals surface area contributed by atoms with Crippen LogP contribution in [0.5, 0.6) is 0 Å². The number of carbonyl (C=O) groups excluding carboxylic acids is 1. The molecular formula is C13H23ClO2. The van der Waals surface area contributed by atoms with E-state index in [4.69, 9.17) is 16.3 Å². The summed E-state index contributed by atoms with van der Waals surface area (Å²) in [7, 11) is 0. The van der Waals surface area contributed by atoms with E-state index < -0.39 is 0 Å². The Labute approximate surface area is 104 Å². The molecule has 0 fully saturated rings. The van der Waals surface area contributed by atoms with Gasteiger partial charge < -0.3 is 4.74 Å². The third-order valence-electron chi connectivity index (χ3n) is 1.91. The summed E-state index contributed by atoms with van der Waals surface area (Å²) in [6.45, 7) is 9.19. The van der Waals surface area contributed by atoms with E-state index in [-0.39, 0.29) is 5.97 Å². The van der Waals surface area contributed by atoms with E-state index in [2.05, 4.69) is 20.1 Å². The summed E-state index contributed by atoms with van der Waals surface area (Å²) in [5.41, 5.74) is 1.22. The number of ether oxygens (including phenoxy) is 1. The van der Waals surface area contributed by atoms with Crippen molar-refractivity contribution in [2.45, 2.75) is 45.4 Å². The monoisotopic (exact) mass is 246 g/mol. The lowest BCUT2D eigenvalue weighted by atomic mass is 10.1. The molecule has 0 aromatic carbocycles. The minimum atomic E-state index is -0.312. The number of unbranched alkanes of at least 4 members (excludes halogenated alkanes) is 5. The van der Waals surface area contributed by atoms with Gasteiger partial charge in [-0.15, -0.1) is 0 Å². The topological polar surface area (TPSA) is 26.3 Å². The number of esters is 1.